The molecule has 0 bridgehead atoms. The van der Waals surface area contributed by atoms with Gasteiger partial charge in [0.2, 0.25) is 5.91 Å². The zero-order valence-electron chi connectivity index (χ0n) is 11.0. The molecule has 6 nitrogen and oxygen atoms in total. The van der Waals surface area contributed by atoms with Gasteiger partial charge in [-0.1, -0.05) is 11.8 Å². The number of aromatic nitrogens is 3. The summed E-state index contributed by atoms with van der Waals surface area (Å²) in [6.45, 7) is 4.37. The maximum atomic E-state index is 11.5. The molecule has 1 aromatic rings. The molecule has 7 heteroatoms. The van der Waals surface area contributed by atoms with Crippen molar-refractivity contribution in [2.24, 2.45) is 0 Å². The summed E-state index contributed by atoms with van der Waals surface area (Å²) in [5, 5.41) is 17.5. The second-order valence-corrected chi connectivity index (χ2v) is 5.41. The molecule has 0 aromatic carbocycles. The average Bonchev–Trinajstić information content (AvgIpc) is 2.95. The molecule has 2 heterocycles. The lowest BCUT2D eigenvalue weighted by molar-refractivity contribution is -0.127. The Morgan fingerprint density at radius 2 is 2.26 bits per heavy atom. The lowest BCUT2D eigenvalue weighted by Crippen LogP contribution is -2.26. The number of nitrogens with zero attached hydrogens (tertiary/aromatic N) is 5. The van der Waals surface area contributed by atoms with Gasteiger partial charge < -0.3 is 9.47 Å². The average molecular weight is 279 g/mol. The number of likely N-dealkylation sites (tertiary alicyclic amines) is 1. The number of amides is 1. The summed E-state index contributed by atoms with van der Waals surface area (Å²) in [5.74, 6) is 1.50. The Bertz CT molecular complexity index is 493. The molecule has 1 fully saturated rings. The standard InChI is InChI=1S/C12H17N5OS/c1-10-14-15-12(19-9-5-13)17(10)8-3-7-16-6-2-4-11(16)18/h2-4,6-9H2,1H3. The van der Waals surface area contributed by atoms with Gasteiger partial charge in [0.25, 0.3) is 0 Å². The van der Waals surface area contributed by atoms with E-state index in [2.05, 4.69) is 16.3 Å². The van der Waals surface area contributed by atoms with Crippen molar-refractivity contribution in [3.8, 4) is 6.07 Å². The molecule has 102 valence electrons. The fraction of sp³-hybridized carbons (Fsp3) is 0.667. The fourth-order valence-corrected chi connectivity index (χ4v) is 2.85. The van der Waals surface area contributed by atoms with Crippen molar-refractivity contribution in [3.05, 3.63) is 5.82 Å². The molecule has 0 spiro atoms. The van der Waals surface area contributed by atoms with E-state index >= 15 is 0 Å². The third-order valence-electron chi connectivity index (χ3n) is 3.15. The van der Waals surface area contributed by atoms with E-state index < -0.39 is 0 Å². The van der Waals surface area contributed by atoms with Crippen LogP contribution in [0.3, 0.4) is 0 Å². The zero-order valence-corrected chi connectivity index (χ0v) is 11.8. The molecule has 1 aliphatic heterocycles. The highest BCUT2D eigenvalue weighted by molar-refractivity contribution is 7.99. The van der Waals surface area contributed by atoms with E-state index in [0.29, 0.717) is 12.2 Å². The summed E-state index contributed by atoms with van der Waals surface area (Å²) in [7, 11) is 0. The van der Waals surface area contributed by atoms with Crippen molar-refractivity contribution in [3.63, 3.8) is 0 Å². The number of rotatable bonds is 6. The highest BCUT2D eigenvalue weighted by atomic mass is 32.2. The molecule has 1 aliphatic rings. The first-order chi connectivity index (χ1) is 9.22. The number of aryl methyl sites for hydroxylation is 1. The molecule has 19 heavy (non-hydrogen) atoms. The SMILES string of the molecule is Cc1nnc(SCC#N)n1CCCN1CCCC1=O. The van der Waals surface area contributed by atoms with Gasteiger partial charge >= 0.3 is 0 Å². The molecule has 0 atom stereocenters. The predicted molar refractivity (Wildman–Crippen MR) is 71.5 cm³/mol. The normalized spacial score (nSPS) is 14.9. The summed E-state index contributed by atoms with van der Waals surface area (Å²) in [4.78, 5) is 13.4. The lowest BCUT2D eigenvalue weighted by Gasteiger charge is -2.15. The lowest BCUT2D eigenvalue weighted by atomic mass is 10.4. The molecule has 1 aromatic heterocycles. The molecule has 0 aliphatic carbocycles. The first-order valence-corrected chi connectivity index (χ1v) is 7.38. The van der Waals surface area contributed by atoms with Gasteiger partial charge in [-0.2, -0.15) is 5.26 Å². The number of carbonyl (C=O) groups excluding carboxylic acids is 1. The van der Waals surface area contributed by atoms with Crippen LogP contribution in [0.1, 0.15) is 25.1 Å². The van der Waals surface area contributed by atoms with Crippen molar-refractivity contribution in [2.45, 2.75) is 37.9 Å². The fourth-order valence-electron chi connectivity index (χ4n) is 2.18. The summed E-state index contributed by atoms with van der Waals surface area (Å²) in [5.41, 5.74) is 0. The third kappa shape index (κ3) is 3.47. The van der Waals surface area contributed by atoms with Crippen molar-refractivity contribution in [1.82, 2.24) is 19.7 Å². The van der Waals surface area contributed by atoms with Gasteiger partial charge in [-0.05, 0) is 19.8 Å². The minimum Gasteiger partial charge on any atom is -0.343 e. The van der Waals surface area contributed by atoms with Gasteiger partial charge in [-0.3, -0.25) is 4.79 Å². The predicted octanol–water partition coefficient (Wildman–Crippen LogP) is 1.21. The van der Waals surface area contributed by atoms with Crippen molar-refractivity contribution in [1.29, 1.82) is 5.26 Å². The van der Waals surface area contributed by atoms with Gasteiger partial charge in [0, 0.05) is 26.1 Å². The number of hydrogen-bond acceptors (Lipinski definition) is 5. The number of thioether (sulfide) groups is 1. The summed E-state index contributed by atoms with van der Waals surface area (Å²) < 4.78 is 2.02. The van der Waals surface area contributed by atoms with Gasteiger partial charge in [-0.25, -0.2) is 0 Å². The van der Waals surface area contributed by atoms with Crippen LogP contribution in [0.25, 0.3) is 0 Å². The second-order valence-electron chi connectivity index (χ2n) is 4.47. The van der Waals surface area contributed by atoms with Crippen LogP contribution in [0.4, 0.5) is 0 Å². The maximum Gasteiger partial charge on any atom is 0.222 e. The van der Waals surface area contributed by atoms with Crippen LogP contribution < -0.4 is 0 Å². The summed E-state index contributed by atoms with van der Waals surface area (Å²) in [6.07, 6.45) is 2.56. The quantitative estimate of drug-likeness (QED) is 0.732. The van der Waals surface area contributed by atoms with E-state index in [0.717, 1.165) is 43.5 Å². The molecule has 1 amide bonds. The number of carbonyl (C=O) groups is 1. The zero-order chi connectivity index (χ0) is 13.7. The highest BCUT2D eigenvalue weighted by Gasteiger charge is 2.19. The first kappa shape index (κ1) is 13.9. The van der Waals surface area contributed by atoms with Crippen LogP contribution in [0.15, 0.2) is 5.16 Å². The molecule has 0 saturated carbocycles. The Kier molecular flexibility index (Phi) is 4.80. The van der Waals surface area contributed by atoms with Crippen LogP contribution in [0, 0.1) is 18.3 Å². The smallest absolute Gasteiger partial charge is 0.222 e. The molecule has 0 unspecified atom stereocenters. The molecular formula is C12H17N5OS. The van der Waals surface area contributed by atoms with Crippen molar-refractivity contribution in [2.75, 3.05) is 18.8 Å². The molecule has 1 saturated heterocycles. The van der Waals surface area contributed by atoms with E-state index in [1.807, 2.05) is 16.4 Å². The van der Waals surface area contributed by atoms with Crippen LogP contribution in [-0.2, 0) is 11.3 Å². The van der Waals surface area contributed by atoms with Crippen molar-refractivity contribution >= 4 is 17.7 Å². The summed E-state index contributed by atoms with van der Waals surface area (Å²) >= 11 is 1.40. The van der Waals surface area contributed by atoms with E-state index in [4.69, 9.17) is 5.26 Å². The largest absolute Gasteiger partial charge is 0.343 e. The molecule has 0 N–H and O–H groups in total. The summed E-state index contributed by atoms with van der Waals surface area (Å²) in [6, 6.07) is 2.09. The van der Waals surface area contributed by atoms with Crippen LogP contribution in [-0.4, -0.2) is 44.4 Å². The van der Waals surface area contributed by atoms with E-state index in [1.165, 1.54) is 11.8 Å². The molecular weight excluding hydrogens is 262 g/mol. The molecule has 0 radical (unpaired) electrons. The van der Waals surface area contributed by atoms with Crippen LogP contribution in [0.5, 0.6) is 0 Å². The minimum atomic E-state index is 0.263. The van der Waals surface area contributed by atoms with E-state index in [1.54, 1.807) is 0 Å². The first-order valence-electron chi connectivity index (χ1n) is 6.39. The Labute approximate surface area is 116 Å². The van der Waals surface area contributed by atoms with Gasteiger partial charge in [-0.15, -0.1) is 10.2 Å². The molecule has 2 rings (SSSR count). The van der Waals surface area contributed by atoms with Gasteiger partial charge in [0.15, 0.2) is 5.16 Å². The van der Waals surface area contributed by atoms with E-state index in [9.17, 15) is 4.79 Å². The Balaban J connectivity index is 1.86. The number of nitriles is 1. The Morgan fingerprint density at radius 3 is 2.95 bits per heavy atom. The maximum absolute atomic E-state index is 11.5. The second kappa shape index (κ2) is 6.57. The Hall–Kier alpha value is -1.55. The third-order valence-corrected chi connectivity index (χ3v) is 3.98. The van der Waals surface area contributed by atoms with Crippen molar-refractivity contribution < 1.29 is 4.79 Å². The topological polar surface area (TPSA) is 74.8 Å². The number of hydrogen-bond donors (Lipinski definition) is 0. The highest BCUT2D eigenvalue weighted by Crippen LogP contribution is 2.17. The van der Waals surface area contributed by atoms with Crippen LogP contribution >= 0.6 is 11.8 Å². The minimum absolute atomic E-state index is 0.263. The van der Waals surface area contributed by atoms with Crippen LogP contribution in [0.2, 0.25) is 0 Å². The Morgan fingerprint density at radius 1 is 1.42 bits per heavy atom. The van der Waals surface area contributed by atoms with Gasteiger partial charge in [0.05, 0.1) is 11.8 Å². The van der Waals surface area contributed by atoms with E-state index in [-0.39, 0.29) is 5.91 Å². The monoisotopic (exact) mass is 279 g/mol. The van der Waals surface area contributed by atoms with Gasteiger partial charge in [0.1, 0.15) is 5.82 Å².